The van der Waals surface area contributed by atoms with Gasteiger partial charge in [0.1, 0.15) is 17.3 Å². The number of aromatic nitrogens is 2. The first-order valence-corrected chi connectivity index (χ1v) is 9.21. The van der Waals surface area contributed by atoms with Crippen molar-refractivity contribution < 1.29 is 4.74 Å². The molecule has 0 aliphatic carbocycles. The minimum absolute atomic E-state index is 0.827. The Morgan fingerprint density at radius 1 is 1.08 bits per heavy atom. The summed E-state index contributed by atoms with van der Waals surface area (Å²) in [4.78, 5) is 0. The van der Waals surface area contributed by atoms with E-state index in [0.29, 0.717) is 0 Å². The number of hydrogen-bond donors (Lipinski definition) is 1. The summed E-state index contributed by atoms with van der Waals surface area (Å²) in [6, 6.07) is 14.2. The van der Waals surface area contributed by atoms with Crippen molar-refractivity contribution in [3.05, 3.63) is 57.0 Å². The third-order valence-corrected chi connectivity index (χ3v) is 5.16. The van der Waals surface area contributed by atoms with Crippen molar-refractivity contribution in [2.75, 3.05) is 19.0 Å². The molecule has 1 aliphatic rings. The molecular weight excluding hydrogens is 434 g/mol. The van der Waals surface area contributed by atoms with Crippen LogP contribution in [0, 0.1) is 0 Å². The van der Waals surface area contributed by atoms with Crippen LogP contribution in [0.1, 0.15) is 5.56 Å². The highest BCUT2D eigenvalue weighted by atomic mass is 79.9. The average molecular weight is 449 g/mol. The van der Waals surface area contributed by atoms with E-state index in [-0.39, 0.29) is 0 Å². The first-order valence-electron chi connectivity index (χ1n) is 7.63. The van der Waals surface area contributed by atoms with Gasteiger partial charge in [-0.15, -0.1) is 0 Å². The van der Waals surface area contributed by atoms with Gasteiger partial charge < -0.3 is 10.1 Å². The molecule has 0 amide bonds. The second kappa shape index (κ2) is 6.26. The first-order chi connectivity index (χ1) is 11.7. The van der Waals surface area contributed by atoms with Gasteiger partial charge >= 0.3 is 0 Å². The molecule has 1 N–H and O–H groups in total. The maximum Gasteiger partial charge on any atom is 0.133 e. The van der Waals surface area contributed by atoms with E-state index >= 15 is 0 Å². The van der Waals surface area contributed by atoms with Gasteiger partial charge in [0.2, 0.25) is 0 Å². The van der Waals surface area contributed by atoms with E-state index in [9.17, 15) is 0 Å². The summed E-state index contributed by atoms with van der Waals surface area (Å²) >= 11 is 7.03. The van der Waals surface area contributed by atoms with Crippen LogP contribution in [0.2, 0.25) is 0 Å². The number of halogens is 2. The molecule has 4 rings (SSSR count). The predicted octanol–water partition coefficient (Wildman–Crippen LogP) is 5.04. The number of hydrogen-bond acceptors (Lipinski definition) is 3. The summed E-state index contributed by atoms with van der Waals surface area (Å²) in [5.74, 6) is 1.89. The third-order valence-electron chi connectivity index (χ3n) is 4.14. The molecule has 0 radical (unpaired) electrons. The van der Waals surface area contributed by atoms with Crippen LogP contribution in [-0.2, 0) is 6.42 Å². The fourth-order valence-electron chi connectivity index (χ4n) is 3.03. The first kappa shape index (κ1) is 15.7. The maximum absolute atomic E-state index is 5.55. The summed E-state index contributed by atoms with van der Waals surface area (Å²) in [5.41, 5.74) is 4.23. The van der Waals surface area contributed by atoms with Gasteiger partial charge in [0, 0.05) is 26.6 Å². The van der Waals surface area contributed by atoms with E-state index in [4.69, 9.17) is 9.84 Å². The van der Waals surface area contributed by atoms with Crippen molar-refractivity contribution in [3.63, 3.8) is 0 Å². The Kier molecular flexibility index (Phi) is 4.10. The normalized spacial score (nSPS) is 12.8. The van der Waals surface area contributed by atoms with E-state index in [2.05, 4.69) is 55.4 Å². The van der Waals surface area contributed by atoms with E-state index in [0.717, 1.165) is 50.4 Å². The third kappa shape index (κ3) is 2.63. The zero-order valence-electron chi connectivity index (χ0n) is 13.0. The molecule has 4 nitrogen and oxygen atoms in total. The second-order valence-electron chi connectivity index (χ2n) is 5.59. The number of methoxy groups -OCH3 is 1. The molecule has 2 aromatic carbocycles. The van der Waals surface area contributed by atoms with E-state index in [1.807, 2.05) is 28.9 Å². The van der Waals surface area contributed by atoms with Crippen molar-refractivity contribution >= 4 is 37.7 Å². The lowest BCUT2D eigenvalue weighted by atomic mass is 10.1. The molecule has 24 heavy (non-hydrogen) atoms. The Hall–Kier alpha value is -1.79. The highest BCUT2D eigenvalue weighted by Crippen LogP contribution is 2.39. The quantitative estimate of drug-likeness (QED) is 0.609. The SMILES string of the molecule is COc1ccc(Br)cc1-c1nn(-c2ccc(Br)cc2)c2c1CCN2. The lowest BCUT2D eigenvalue weighted by Gasteiger charge is -2.08. The molecule has 0 fully saturated rings. The zero-order chi connectivity index (χ0) is 16.7. The van der Waals surface area contributed by atoms with Gasteiger partial charge in [0.05, 0.1) is 12.8 Å². The fraction of sp³-hybridized carbons (Fsp3) is 0.167. The van der Waals surface area contributed by atoms with Crippen LogP contribution in [-0.4, -0.2) is 23.4 Å². The van der Waals surface area contributed by atoms with Crippen LogP contribution in [0.25, 0.3) is 16.9 Å². The number of anilines is 1. The van der Waals surface area contributed by atoms with Crippen LogP contribution in [0.3, 0.4) is 0 Å². The summed E-state index contributed by atoms with van der Waals surface area (Å²) in [6.45, 7) is 0.924. The fourth-order valence-corrected chi connectivity index (χ4v) is 3.65. The van der Waals surface area contributed by atoms with Gasteiger partial charge in [-0.05, 0) is 48.9 Å². The summed E-state index contributed by atoms with van der Waals surface area (Å²) < 4.78 is 9.59. The van der Waals surface area contributed by atoms with E-state index in [1.165, 1.54) is 5.56 Å². The smallest absolute Gasteiger partial charge is 0.133 e. The van der Waals surface area contributed by atoms with Gasteiger partial charge in [-0.2, -0.15) is 5.10 Å². The Balaban J connectivity index is 1.91. The molecule has 122 valence electrons. The molecule has 0 atom stereocenters. The Bertz CT molecular complexity index is 903. The molecule has 6 heteroatoms. The number of fused-ring (bicyclic) bond motifs is 1. The van der Waals surface area contributed by atoms with Gasteiger partial charge in [-0.1, -0.05) is 31.9 Å². The molecule has 0 saturated carbocycles. The van der Waals surface area contributed by atoms with Gasteiger partial charge in [0.15, 0.2) is 0 Å². The summed E-state index contributed by atoms with van der Waals surface area (Å²) in [5, 5.41) is 8.35. The van der Waals surface area contributed by atoms with E-state index in [1.54, 1.807) is 7.11 Å². The predicted molar refractivity (Wildman–Crippen MR) is 103 cm³/mol. The van der Waals surface area contributed by atoms with Gasteiger partial charge in [0.25, 0.3) is 0 Å². The zero-order valence-corrected chi connectivity index (χ0v) is 16.2. The Morgan fingerprint density at radius 2 is 1.83 bits per heavy atom. The minimum atomic E-state index is 0.827. The van der Waals surface area contributed by atoms with Crippen molar-refractivity contribution in [1.82, 2.24) is 9.78 Å². The highest BCUT2D eigenvalue weighted by molar-refractivity contribution is 9.10. The lowest BCUT2D eigenvalue weighted by Crippen LogP contribution is -2.04. The monoisotopic (exact) mass is 447 g/mol. The molecule has 0 saturated heterocycles. The number of nitrogens with one attached hydrogen (secondary N) is 1. The van der Waals surface area contributed by atoms with Crippen LogP contribution in [0.4, 0.5) is 5.82 Å². The highest BCUT2D eigenvalue weighted by Gasteiger charge is 2.25. The number of benzene rings is 2. The van der Waals surface area contributed by atoms with Gasteiger partial charge in [-0.25, -0.2) is 4.68 Å². The Morgan fingerprint density at radius 3 is 2.58 bits per heavy atom. The Labute approximate surface area is 157 Å². The van der Waals surface area contributed by atoms with E-state index < -0.39 is 0 Å². The molecular formula is C18H15Br2N3O. The number of ether oxygens (including phenoxy) is 1. The van der Waals surface area contributed by atoms with Crippen LogP contribution in [0.15, 0.2) is 51.4 Å². The van der Waals surface area contributed by atoms with Crippen LogP contribution >= 0.6 is 31.9 Å². The van der Waals surface area contributed by atoms with Crippen molar-refractivity contribution in [1.29, 1.82) is 0 Å². The minimum Gasteiger partial charge on any atom is -0.496 e. The summed E-state index contributed by atoms with van der Waals surface area (Å²) in [6.07, 6.45) is 0.955. The molecule has 1 aliphatic heterocycles. The molecule has 2 heterocycles. The number of rotatable bonds is 3. The van der Waals surface area contributed by atoms with Crippen molar-refractivity contribution in [2.45, 2.75) is 6.42 Å². The average Bonchev–Trinajstić information content (AvgIpc) is 3.18. The molecule has 1 aromatic heterocycles. The summed E-state index contributed by atoms with van der Waals surface area (Å²) in [7, 11) is 1.69. The molecule has 3 aromatic rings. The van der Waals surface area contributed by atoms with Crippen LogP contribution in [0.5, 0.6) is 5.75 Å². The second-order valence-corrected chi connectivity index (χ2v) is 7.42. The molecule has 0 unspecified atom stereocenters. The molecule has 0 bridgehead atoms. The van der Waals surface area contributed by atoms with Crippen molar-refractivity contribution in [3.8, 4) is 22.7 Å². The van der Waals surface area contributed by atoms with Gasteiger partial charge in [-0.3, -0.25) is 0 Å². The molecule has 0 spiro atoms. The maximum atomic E-state index is 5.55. The largest absolute Gasteiger partial charge is 0.496 e. The lowest BCUT2D eigenvalue weighted by molar-refractivity contribution is 0.416. The van der Waals surface area contributed by atoms with Crippen molar-refractivity contribution in [2.24, 2.45) is 0 Å². The number of nitrogens with zero attached hydrogens (tertiary/aromatic N) is 2. The van der Waals surface area contributed by atoms with Crippen LogP contribution < -0.4 is 10.1 Å². The topological polar surface area (TPSA) is 39.1 Å². The standard InChI is InChI=1S/C18H15Br2N3O/c1-24-16-7-4-12(20)10-15(16)17-14-8-9-21-18(14)23(22-17)13-5-2-11(19)3-6-13/h2-7,10,21H,8-9H2,1H3.